The van der Waals surface area contributed by atoms with Crippen LogP contribution >= 0.6 is 0 Å². The maximum atomic E-state index is 11.8. The van der Waals surface area contributed by atoms with E-state index in [1.807, 2.05) is 0 Å². The third-order valence-corrected chi connectivity index (χ3v) is 2.84. The molecule has 0 aliphatic heterocycles. The number of aliphatic hydroxyl groups is 1. The molecular weight excluding hydrogens is 260 g/mol. The second-order valence-electron chi connectivity index (χ2n) is 4.17. The van der Waals surface area contributed by atoms with Gasteiger partial charge in [0, 0.05) is 29.7 Å². The van der Waals surface area contributed by atoms with E-state index in [1.165, 1.54) is 12.4 Å². The van der Waals surface area contributed by atoms with Gasteiger partial charge in [-0.2, -0.15) is 0 Å². The summed E-state index contributed by atoms with van der Waals surface area (Å²) in [7, 11) is 0. The van der Waals surface area contributed by atoms with Gasteiger partial charge in [0.25, 0.3) is 0 Å². The molecule has 0 radical (unpaired) electrons. The Morgan fingerprint density at radius 3 is 2.85 bits per heavy atom. The lowest BCUT2D eigenvalue weighted by Crippen LogP contribution is -2.08. The van der Waals surface area contributed by atoms with Gasteiger partial charge in [-0.1, -0.05) is 0 Å². The Bertz CT molecular complexity index is 614. The van der Waals surface area contributed by atoms with Gasteiger partial charge in [0.15, 0.2) is 0 Å². The highest BCUT2D eigenvalue weighted by Gasteiger charge is 2.13. The third kappa shape index (κ3) is 2.92. The van der Waals surface area contributed by atoms with Crippen LogP contribution in [-0.2, 0) is 18.0 Å². The molecular formula is C14H14N2O4. The Balaban J connectivity index is 2.12. The molecule has 20 heavy (non-hydrogen) atoms. The molecule has 0 aromatic carbocycles. The van der Waals surface area contributed by atoms with Crippen molar-refractivity contribution >= 4 is 5.97 Å². The van der Waals surface area contributed by atoms with Crippen LogP contribution in [0.4, 0.5) is 0 Å². The maximum Gasteiger partial charge on any atom is 0.340 e. The second kappa shape index (κ2) is 6.12. The number of nitrogens with zero attached hydrogens (tertiary/aromatic N) is 2. The average Bonchev–Trinajstić information content (AvgIpc) is 2.49. The zero-order valence-electron chi connectivity index (χ0n) is 10.9. The van der Waals surface area contributed by atoms with Crippen molar-refractivity contribution in [3.63, 3.8) is 0 Å². The van der Waals surface area contributed by atoms with Crippen molar-refractivity contribution in [1.82, 2.24) is 9.97 Å². The molecule has 0 saturated heterocycles. The highest BCUT2D eigenvalue weighted by molar-refractivity contribution is 5.88. The van der Waals surface area contributed by atoms with Crippen molar-refractivity contribution in [2.24, 2.45) is 0 Å². The van der Waals surface area contributed by atoms with Gasteiger partial charge in [-0.25, -0.2) is 4.79 Å². The fourth-order valence-corrected chi connectivity index (χ4v) is 1.70. The predicted octanol–water partition coefficient (Wildman–Crippen LogP) is 1.34. The van der Waals surface area contributed by atoms with E-state index in [0.717, 1.165) is 0 Å². The number of ether oxygens (including phenoxy) is 1. The van der Waals surface area contributed by atoms with Crippen LogP contribution in [0, 0.1) is 6.92 Å². The monoisotopic (exact) mass is 274 g/mol. The van der Waals surface area contributed by atoms with Crippen LogP contribution in [-0.4, -0.2) is 26.2 Å². The van der Waals surface area contributed by atoms with Crippen molar-refractivity contribution < 1.29 is 19.7 Å². The normalized spacial score (nSPS) is 10.3. The molecule has 0 amide bonds. The minimum absolute atomic E-state index is 0.0789. The van der Waals surface area contributed by atoms with Crippen LogP contribution in [0.25, 0.3) is 0 Å². The van der Waals surface area contributed by atoms with Gasteiger partial charge in [0.1, 0.15) is 12.4 Å². The van der Waals surface area contributed by atoms with E-state index in [0.29, 0.717) is 22.4 Å². The molecule has 0 aliphatic rings. The molecule has 0 aliphatic carbocycles. The standard InChI is InChI=1S/C14H14N2O4/c1-9-13(18)12(7-17)11(6-16-9)8-20-14(19)10-3-2-4-15-5-10/h2-6,17-18H,7-8H2,1H3. The summed E-state index contributed by atoms with van der Waals surface area (Å²) in [6.07, 6.45) is 4.43. The maximum absolute atomic E-state index is 11.8. The molecule has 2 heterocycles. The zero-order chi connectivity index (χ0) is 14.5. The molecule has 0 saturated carbocycles. The highest BCUT2D eigenvalue weighted by Crippen LogP contribution is 2.24. The number of aliphatic hydroxyl groups excluding tert-OH is 1. The number of rotatable bonds is 4. The molecule has 104 valence electrons. The van der Waals surface area contributed by atoms with E-state index >= 15 is 0 Å². The first-order chi connectivity index (χ1) is 9.63. The molecule has 2 aromatic rings. The zero-order valence-corrected chi connectivity index (χ0v) is 10.9. The van der Waals surface area contributed by atoms with Crippen LogP contribution in [0.3, 0.4) is 0 Å². The molecule has 6 nitrogen and oxygen atoms in total. The van der Waals surface area contributed by atoms with Gasteiger partial charge in [0.2, 0.25) is 0 Å². The van der Waals surface area contributed by atoms with Gasteiger partial charge in [-0.3, -0.25) is 9.97 Å². The first-order valence-corrected chi connectivity index (χ1v) is 5.97. The van der Waals surface area contributed by atoms with E-state index in [1.54, 1.807) is 25.3 Å². The number of aromatic hydroxyl groups is 1. The number of pyridine rings is 2. The fourth-order valence-electron chi connectivity index (χ4n) is 1.70. The minimum Gasteiger partial charge on any atom is -0.506 e. The molecule has 2 rings (SSSR count). The van der Waals surface area contributed by atoms with Crippen molar-refractivity contribution in [2.45, 2.75) is 20.1 Å². The molecule has 2 aromatic heterocycles. The number of hydrogen-bond acceptors (Lipinski definition) is 6. The summed E-state index contributed by atoms with van der Waals surface area (Å²) in [6.45, 7) is 1.19. The smallest absolute Gasteiger partial charge is 0.340 e. The van der Waals surface area contributed by atoms with E-state index in [-0.39, 0.29) is 19.0 Å². The van der Waals surface area contributed by atoms with Crippen molar-refractivity contribution in [2.75, 3.05) is 0 Å². The Labute approximate surface area is 115 Å². The number of carbonyl (C=O) groups excluding carboxylic acids is 1. The molecule has 0 spiro atoms. The number of aromatic nitrogens is 2. The average molecular weight is 274 g/mol. The largest absolute Gasteiger partial charge is 0.506 e. The van der Waals surface area contributed by atoms with Gasteiger partial charge in [0.05, 0.1) is 17.9 Å². The molecule has 0 atom stereocenters. The summed E-state index contributed by atoms with van der Waals surface area (Å²) >= 11 is 0. The number of esters is 1. The lowest BCUT2D eigenvalue weighted by atomic mass is 10.1. The summed E-state index contributed by atoms with van der Waals surface area (Å²) in [6, 6.07) is 3.22. The molecule has 0 bridgehead atoms. The van der Waals surface area contributed by atoms with E-state index in [4.69, 9.17) is 4.74 Å². The summed E-state index contributed by atoms with van der Waals surface area (Å²) in [5.41, 5.74) is 1.53. The van der Waals surface area contributed by atoms with E-state index in [2.05, 4.69) is 9.97 Å². The summed E-state index contributed by atoms with van der Waals surface area (Å²) < 4.78 is 5.11. The molecule has 0 fully saturated rings. The van der Waals surface area contributed by atoms with Gasteiger partial charge >= 0.3 is 5.97 Å². The van der Waals surface area contributed by atoms with Crippen LogP contribution in [0.1, 0.15) is 27.2 Å². The lowest BCUT2D eigenvalue weighted by molar-refractivity contribution is 0.0468. The number of carbonyl (C=O) groups is 1. The number of aryl methyl sites for hydroxylation is 1. The minimum atomic E-state index is -0.526. The molecule has 2 N–H and O–H groups in total. The Kier molecular flexibility index (Phi) is 4.27. The Morgan fingerprint density at radius 1 is 1.40 bits per heavy atom. The quantitative estimate of drug-likeness (QED) is 0.817. The lowest BCUT2D eigenvalue weighted by Gasteiger charge is -2.11. The summed E-state index contributed by atoms with van der Waals surface area (Å²) in [4.78, 5) is 19.6. The topological polar surface area (TPSA) is 92.5 Å². The molecule has 6 heteroatoms. The van der Waals surface area contributed by atoms with E-state index in [9.17, 15) is 15.0 Å². The Morgan fingerprint density at radius 2 is 2.20 bits per heavy atom. The second-order valence-corrected chi connectivity index (χ2v) is 4.17. The first-order valence-electron chi connectivity index (χ1n) is 5.97. The number of hydrogen-bond donors (Lipinski definition) is 2. The SMILES string of the molecule is Cc1ncc(COC(=O)c2cccnc2)c(CO)c1O. The predicted molar refractivity (Wildman–Crippen MR) is 69.9 cm³/mol. The van der Waals surface area contributed by atoms with Crippen molar-refractivity contribution in [3.05, 3.63) is 53.1 Å². The van der Waals surface area contributed by atoms with Crippen LogP contribution in [0.2, 0.25) is 0 Å². The third-order valence-electron chi connectivity index (χ3n) is 2.84. The first kappa shape index (κ1) is 14.0. The Hall–Kier alpha value is -2.47. The van der Waals surface area contributed by atoms with Crippen LogP contribution in [0.15, 0.2) is 30.7 Å². The van der Waals surface area contributed by atoms with Crippen LogP contribution < -0.4 is 0 Å². The summed E-state index contributed by atoms with van der Waals surface area (Å²) in [5, 5.41) is 19.1. The molecule has 0 unspecified atom stereocenters. The van der Waals surface area contributed by atoms with Crippen molar-refractivity contribution in [1.29, 1.82) is 0 Å². The van der Waals surface area contributed by atoms with Gasteiger partial charge < -0.3 is 14.9 Å². The fraction of sp³-hybridized carbons (Fsp3) is 0.214. The summed E-state index contributed by atoms with van der Waals surface area (Å²) in [5.74, 6) is -0.607. The van der Waals surface area contributed by atoms with Gasteiger partial charge in [-0.05, 0) is 19.1 Å². The van der Waals surface area contributed by atoms with Crippen LogP contribution in [0.5, 0.6) is 5.75 Å². The highest BCUT2D eigenvalue weighted by atomic mass is 16.5. The van der Waals surface area contributed by atoms with Gasteiger partial charge in [-0.15, -0.1) is 0 Å². The van der Waals surface area contributed by atoms with E-state index < -0.39 is 5.97 Å². The van der Waals surface area contributed by atoms with Crippen molar-refractivity contribution in [3.8, 4) is 5.75 Å².